The van der Waals surface area contributed by atoms with Crippen molar-refractivity contribution in [2.75, 3.05) is 40.4 Å². The molecule has 166 valence electrons. The zero-order valence-corrected chi connectivity index (χ0v) is 19.9. The van der Waals surface area contributed by atoms with Gasteiger partial charge in [0, 0.05) is 30.7 Å². The number of carbonyl (C=O) groups excluding carboxylic acids is 1. The molecule has 1 atom stereocenters. The van der Waals surface area contributed by atoms with Gasteiger partial charge in [0.05, 0.1) is 20.3 Å². The highest BCUT2D eigenvalue weighted by Gasteiger charge is 2.30. The third kappa shape index (κ3) is 4.66. The molecular weight excluding hydrogens is 468 g/mol. The lowest BCUT2D eigenvalue weighted by molar-refractivity contribution is 0.0591. The van der Waals surface area contributed by atoms with Crippen LogP contribution < -0.4 is 9.47 Å². The van der Waals surface area contributed by atoms with Crippen LogP contribution in [0, 0.1) is 0 Å². The molecule has 0 radical (unpaired) electrons. The van der Waals surface area contributed by atoms with E-state index in [1.807, 2.05) is 17.0 Å². The summed E-state index contributed by atoms with van der Waals surface area (Å²) in [6.45, 7) is 2.83. The third-order valence-corrected chi connectivity index (χ3v) is 6.44. The van der Waals surface area contributed by atoms with Gasteiger partial charge in [-0.2, -0.15) is 0 Å². The van der Waals surface area contributed by atoms with Gasteiger partial charge in [0.15, 0.2) is 0 Å². The van der Waals surface area contributed by atoms with Crippen LogP contribution in [0.4, 0.5) is 0 Å². The Morgan fingerprint density at radius 1 is 0.781 bits per heavy atom. The second-order valence-electron chi connectivity index (χ2n) is 7.73. The summed E-state index contributed by atoms with van der Waals surface area (Å²) in [7, 11) is 3.15. The number of amides is 1. The highest BCUT2D eigenvalue weighted by molar-refractivity contribution is 9.10. The van der Waals surface area contributed by atoms with Gasteiger partial charge in [-0.15, -0.1) is 0 Å². The maximum absolute atomic E-state index is 13.4. The van der Waals surface area contributed by atoms with Gasteiger partial charge in [0.1, 0.15) is 17.1 Å². The van der Waals surface area contributed by atoms with Crippen molar-refractivity contribution in [3.63, 3.8) is 0 Å². The lowest BCUT2D eigenvalue weighted by atomic mass is 9.96. The summed E-state index contributed by atoms with van der Waals surface area (Å²) in [5.41, 5.74) is 2.98. The topological polar surface area (TPSA) is 42.0 Å². The number of nitrogens with zero attached hydrogens (tertiary/aromatic N) is 2. The summed E-state index contributed by atoms with van der Waals surface area (Å²) in [5, 5.41) is 0. The molecule has 1 saturated heterocycles. The summed E-state index contributed by atoms with van der Waals surface area (Å²) >= 11 is 3.54. The van der Waals surface area contributed by atoms with Gasteiger partial charge < -0.3 is 14.4 Å². The standard InChI is InChI=1S/C26H27BrN2O3/c1-31-22-9-6-10-23(32-2)24(22)26(30)29-17-15-28(16-18-29)25(19-7-4-3-5-8-19)20-11-13-21(27)14-12-20/h3-14,25H,15-18H2,1-2H3. The number of carbonyl (C=O) groups is 1. The number of piperazine rings is 1. The summed E-state index contributed by atoms with van der Waals surface area (Å²) in [4.78, 5) is 17.7. The van der Waals surface area contributed by atoms with Crippen LogP contribution in [0.1, 0.15) is 27.5 Å². The van der Waals surface area contributed by atoms with Crippen molar-refractivity contribution in [2.24, 2.45) is 0 Å². The number of ether oxygens (including phenoxy) is 2. The molecule has 1 amide bonds. The molecular formula is C26H27BrN2O3. The van der Waals surface area contributed by atoms with E-state index in [-0.39, 0.29) is 11.9 Å². The first-order valence-corrected chi connectivity index (χ1v) is 11.5. The Morgan fingerprint density at radius 2 is 1.34 bits per heavy atom. The molecule has 1 aliphatic heterocycles. The Labute approximate surface area is 197 Å². The predicted octanol–water partition coefficient (Wildman–Crippen LogP) is 5.01. The fourth-order valence-corrected chi connectivity index (χ4v) is 4.56. The van der Waals surface area contributed by atoms with E-state index in [0.29, 0.717) is 30.2 Å². The summed E-state index contributed by atoms with van der Waals surface area (Å²) in [5.74, 6) is 1.02. The van der Waals surface area contributed by atoms with Crippen molar-refractivity contribution in [2.45, 2.75) is 6.04 Å². The lowest BCUT2D eigenvalue weighted by Crippen LogP contribution is -2.50. The van der Waals surface area contributed by atoms with E-state index >= 15 is 0 Å². The van der Waals surface area contributed by atoms with Gasteiger partial charge in [-0.1, -0.05) is 64.5 Å². The second-order valence-corrected chi connectivity index (χ2v) is 8.65. The molecule has 32 heavy (non-hydrogen) atoms. The molecule has 1 heterocycles. The molecule has 0 bridgehead atoms. The van der Waals surface area contributed by atoms with Gasteiger partial charge in [-0.3, -0.25) is 9.69 Å². The Bertz CT molecular complexity index is 1030. The summed E-state index contributed by atoms with van der Waals surface area (Å²) in [6, 6.07) is 24.6. The molecule has 0 spiro atoms. The van der Waals surface area contributed by atoms with Crippen molar-refractivity contribution < 1.29 is 14.3 Å². The number of methoxy groups -OCH3 is 2. The predicted molar refractivity (Wildman–Crippen MR) is 129 cm³/mol. The average Bonchev–Trinajstić information content (AvgIpc) is 2.85. The smallest absolute Gasteiger partial charge is 0.261 e. The molecule has 4 rings (SSSR count). The first-order chi connectivity index (χ1) is 15.6. The maximum Gasteiger partial charge on any atom is 0.261 e. The van der Waals surface area contributed by atoms with Gasteiger partial charge in [0.25, 0.3) is 5.91 Å². The van der Waals surface area contributed by atoms with Crippen LogP contribution in [0.15, 0.2) is 77.3 Å². The molecule has 5 nitrogen and oxygen atoms in total. The van der Waals surface area contributed by atoms with Crippen molar-refractivity contribution in [1.82, 2.24) is 9.80 Å². The van der Waals surface area contributed by atoms with E-state index < -0.39 is 0 Å². The Hall–Kier alpha value is -2.83. The monoisotopic (exact) mass is 494 g/mol. The minimum absolute atomic E-state index is 0.0566. The molecule has 0 saturated carbocycles. The first-order valence-electron chi connectivity index (χ1n) is 10.7. The van der Waals surface area contributed by atoms with E-state index in [4.69, 9.17) is 9.47 Å². The SMILES string of the molecule is COc1cccc(OC)c1C(=O)N1CCN(C(c2ccccc2)c2ccc(Br)cc2)CC1. The number of benzene rings is 3. The van der Waals surface area contributed by atoms with Crippen molar-refractivity contribution in [1.29, 1.82) is 0 Å². The molecule has 1 aliphatic rings. The minimum atomic E-state index is -0.0566. The van der Waals surface area contributed by atoms with Gasteiger partial charge in [0.2, 0.25) is 0 Å². The van der Waals surface area contributed by atoms with Crippen LogP contribution >= 0.6 is 15.9 Å². The number of hydrogen-bond acceptors (Lipinski definition) is 4. The zero-order chi connectivity index (χ0) is 22.5. The molecule has 1 unspecified atom stereocenters. The number of halogens is 1. The highest BCUT2D eigenvalue weighted by atomic mass is 79.9. The van der Waals surface area contributed by atoms with Crippen LogP contribution in [0.2, 0.25) is 0 Å². The average molecular weight is 495 g/mol. The third-order valence-electron chi connectivity index (χ3n) is 5.91. The van der Waals surface area contributed by atoms with E-state index in [2.05, 4.69) is 69.4 Å². The van der Waals surface area contributed by atoms with Crippen molar-refractivity contribution in [3.8, 4) is 11.5 Å². The molecule has 0 aliphatic carbocycles. The van der Waals surface area contributed by atoms with Crippen molar-refractivity contribution in [3.05, 3.63) is 94.0 Å². The van der Waals surface area contributed by atoms with Crippen LogP contribution in [-0.4, -0.2) is 56.1 Å². The first kappa shape index (κ1) is 22.4. The van der Waals surface area contributed by atoms with Crippen molar-refractivity contribution >= 4 is 21.8 Å². The molecule has 3 aromatic carbocycles. The number of rotatable bonds is 6. The van der Waals surface area contributed by atoms with E-state index in [0.717, 1.165) is 17.6 Å². The van der Waals surface area contributed by atoms with Crippen LogP contribution in [0.25, 0.3) is 0 Å². The molecule has 1 fully saturated rings. The van der Waals surface area contributed by atoms with E-state index in [1.54, 1.807) is 26.4 Å². The summed E-state index contributed by atoms with van der Waals surface area (Å²) in [6.07, 6.45) is 0. The number of hydrogen-bond donors (Lipinski definition) is 0. The summed E-state index contributed by atoms with van der Waals surface area (Å²) < 4.78 is 11.9. The molecule has 0 N–H and O–H groups in total. The van der Waals surface area contributed by atoms with Gasteiger partial charge >= 0.3 is 0 Å². The maximum atomic E-state index is 13.4. The van der Waals surface area contributed by atoms with E-state index in [9.17, 15) is 4.79 Å². The van der Waals surface area contributed by atoms with Gasteiger partial charge in [-0.05, 0) is 35.4 Å². The van der Waals surface area contributed by atoms with Gasteiger partial charge in [-0.25, -0.2) is 0 Å². The minimum Gasteiger partial charge on any atom is -0.496 e. The molecule has 0 aromatic heterocycles. The van der Waals surface area contributed by atoms with Crippen LogP contribution in [-0.2, 0) is 0 Å². The highest BCUT2D eigenvalue weighted by Crippen LogP contribution is 2.33. The van der Waals surface area contributed by atoms with E-state index in [1.165, 1.54) is 11.1 Å². The Kier molecular flexibility index (Phi) is 7.12. The molecule has 3 aromatic rings. The Balaban J connectivity index is 1.55. The normalized spacial score (nSPS) is 15.3. The second kappa shape index (κ2) is 10.2. The fraction of sp³-hybridized carbons (Fsp3) is 0.269. The fourth-order valence-electron chi connectivity index (χ4n) is 4.30. The molecule has 6 heteroatoms. The van der Waals surface area contributed by atoms with Crippen LogP contribution in [0.5, 0.6) is 11.5 Å². The zero-order valence-electron chi connectivity index (χ0n) is 18.3. The Morgan fingerprint density at radius 3 is 1.91 bits per heavy atom. The largest absolute Gasteiger partial charge is 0.496 e. The lowest BCUT2D eigenvalue weighted by Gasteiger charge is -2.40. The quantitative estimate of drug-likeness (QED) is 0.482. The van der Waals surface area contributed by atoms with Crippen LogP contribution in [0.3, 0.4) is 0 Å².